The van der Waals surface area contributed by atoms with E-state index < -0.39 is 5.60 Å². The van der Waals surface area contributed by atoms with Crippen LogP contribution in [-0.4, -0.2) is 56.2 Å². The maximum atomic E-state index is 12.1. The third kappa shape index (κ3) is 3.64. The number of rotatable bonds is 3. The second-order valence-electron chi connectivity index (χ2n) is 7.95. The van der Waals surface area contributed by atoms with Crippen LogP contribution in [0, 0.1) is 11.8 Å². The Balaban J connectivity index is 1.54. The first-order chi connectivity index (χ1) is 14.9. The number of carbonyl (C=O) groups is 1. The summed E-state index contributed by atoms with van der Waals surface area (Å²) in [4.78, 5) is 26.7. The molecule has 5 rings (SSSR count). The highest BCUT2D eigenvalue weighted by molar-refractivity contribution is 5.91. The molecule has 1 aliphatic heterocycles. The Morgan fingerprint density at radius 1 is 1.26 bits per heavy atom. The molecule has 3 N–H and O–H groups in total. The number of hydrogen-bond donors (Lipinski definition) is 2. The maximum Gasteiger partial charge on any atom is 0.267 e. The van der Waals surface area contributed by atoms with Crippen molar-refractivity contribution < 1.29 is 14.6 Å². The molecule has 156 valence electrons. The molecule has 1 aliphatic carbocycles. The third-order valence-corrected chi connectivity index (χ3v) is 5.48. The number of aromatic nitrogens is 3. The molecule has 1 unspecified atom stereocenters. The van der Waals surface area contributed by atoms with Gasteiger partial charge in [0, 0.05) is 37.2 Å². The first-order valence-corrected chi connectivity index (χ1v) is 10.1. The largest absolute Gasteiger partial charge is 0.488 e. The summed E-state index contributed by atoms with van der Waals surface area (Å²) in [5.74, 6) is 6.23. The highest BCUT2D eigenvalue weighted by Crippen LogP contribution is 2.35. The molecule has 8 heteroatoms. The van der Waals surface area contributed by atoms with Crippen LogP contribution < -0.4 is 10.5 Å². The molecule has 31 heavy (non-hydrogen) atoms. The van der Waals surface area contributed by atoms with Crippen molar-refractivity contribution >= 4 is 22.8 Å². The number of amides is 1. The fourth-order valence-corrected chi connectivity index (χ4v) is 3.53. The predicted octanol–water partition coefficient (Wildman–Crippen LogP) is 1.76. The van der Waals surface area contributed by atoms with Crippen molar-refractivity contribution in [3.8, 4) is 28.8 Å². The average molecular weight is 415 g/mol. The van der Waals surface area contributed by atoms with Crippen LogP contribution in [0.4, 0.5) is 5.82 Å². The van der Waals surface area contributed by atoms with E-state index in [0.29, 0.717) is 41.0 Å². The minimum absolute atomic E-state index is 0.190. The smallest absolute Gasteiger partial charge is 0.267 e. The Bertz CT molecular complexity index is 1260. The van der Waals surface area contributed by atoms with E-state index >= 15 is 0 Å². The van der Waals surface area contributed by atoms with Crippen molar-refractivity contribution in [1.82, 2.24) is 19.9 Å². The van der Waals surface area contributed by atoms with Gasteiger partial charge >= 0.3 is 0 Å². The first-order valence-electron chi connectivity index (χ1n) is 10.1. The number of pyridine rings is 1. The van der Waals surface area contributed by atoms with Crippen molar-refractivity contribution in [2.45, 2.75) is 31.0 Å². The number of ether oxygens (including phenoxy) is 1. The topological polar surface area (TPSA) is 114 Å². The lowest BCUT2D eigenvalue weighted by Crippen LogP contribution is -2.37. The summed E-state index contributed by atoms with van der Waals surface area (Å²) >= 11 is 0. The lowest BCUT2D eigenvalue weighted by Gasteiger charge is -2.13. The van der Waals surface area contributed by atoms with E-state index in [4.69, 9.17) is 10.5 Å². The quantitative estimate of drug-likeness (QED) is 0.627. The summed E-state index contributed by atoms with van der Waals surface area (Å²) < 4.78 is 6.05. The molecule has 0 radical (unpaired) electrons. The molecule has 3 heterocycles. The van der Waals surface area contributed by atoms with Gasteiger partial charge in [-0.05, 0) is 25.0 Å². The second kappa shape index (κ2) is 7.22. The molecule has 1 aromatic carbocycles. The Hall–Kier alpha value is -3.70. The van der Waals surface area contributed by atoms with Gasteiger partial charge < -0.3 is 20.5 Å². The van der Waals surface area contributed by atoms with E-state index in [-0.39, 0.29) is 17.8 Å². The number of nitrogens with two attached hydrogens (primary N) is 1. The highest BCUT2D eigenvalue weighted by atomic mass is 16.5. The van der Waals surface area contributed by atoms with E-state index in [1.165, 1.54) is 11.2 Å². The summed E-state index contributed by atoms with van der Waals surface area (Å²) in [5.41, 5.74) is 7.61. The number of carbonyl (C=O) groups excluding carboxylic acids is 1. The van der Waals surface area contributed by atoms with Crippen molar-refractivity contribution in [2.75, 3.05) is 19.3 Å². The fraction of sp³-hybridized carbons (Fsp3) is 0.304. The van der Waals surface area contributed by atoms with Gasteiger partial charge in [0.2, 0.25) is 5.60 Å². The monoisotopic (exact) mass is 415 g/mol. The van der Waals surface area contributed by atoms with Gasteiger partial charge in [-0.2, -0.15) is 0 Å². The number of nitrogen functional groups attached to an aromatic ring is 1. The summed E-state index contributed by atoms with van der Waals surface area (Å²) in [7, 11) is 1.66. The fourth-order valence-electron chi connectivity index (χ4n) is 3.53. The molecule has 1 saturated carbocycles. The lowest BCUT2D eigenvalue weighted by atomic mass is 10.0. The molecule has 8 nitrogen and oxygen atoms in total. The lowest BCUT2D eigenvalue weighted by molar-refractivity contribution is -0.137. The molecule has 2 fully saturated rings. The molecule has 1 amide bonds. The Labute approximate surface area is 179 Å². The number of anilines is 1. The zero-order chi connectivity index (χ0) is 21.6. The van der Waals surface area contributed by atoms with Crippen LogP contribution in [0.15, 0.2) is 36.7 Å². The van der Waals surface area contributed by atoms with Gasteiger partial charge in [0.05, 0.1) is 11.8 Å². The van der Waals surface area contributed by atoms with Gasteiger partial charge in [-0.3, -0.25) is 4.79 Å². The van der Waals surface area contributed by atoms with Crippen molar-refractivity contribution in [2.24, 2.45) is 0 Å². The molecular formula is C23H21N5O3. The first kappa shape index (κ1) is 19.3. The second-order valence-corrected chi connectivity index (χ2v) is 7.95. The number of nitrogens with zero attached hydrogens (tertiary/aromatic N) is 4. The minimum atomic E-state index is -1.64. The van der Waals surface area contributed by atoms with Gasteiger partial charge in [0.25, 0.3) is 5.91 Å². The third-order valence-electron chi connectivity index (χ3n) is 5.48. The van der Waals surface area contributed by atoms with E-state index in [1.54, 1.807) is 7.05 Å². The number of hydrogen-bond acceptors (Lipinski definition) is 7. The predicted molar refractivity (Wildman–Crippen MR) is 115 cm³/mol. The summed E-state index contributed by atoms with van der Waals surface area (Å²) in [6.07, 6.45) is 3.92. The summed E-state index contributed by atoms with van der Waals surface area (Å²) in [6.45, 7) is 0.484. The molecule has 1 atom stereocenters. The van der Waals surface area contributed by atoms with Gasteiger partial charge in [-0.15, -0.1) is 0 Å². The molecule has 0 bridgehead atoms. The van der Waals surface area contributed by atoms with Crippen LogP contribution in [0.3, 0.4) is 0 Å². The van der Waals surface area contributed by atoms with E-state index in [2.05, 4.69) is 26.8 Å². The summed E-state index contributed by atoms with van der Waals surface area (Å²) in [6, 6.07) is 9.29. The standard InChI is InChI=1S/C23H21N5O3/c1-28-10-9-23(30,22(28)29)8-7-14-3-2-4-15(11-14)17-12-18(31-16-5-6-16)19-20(27-17)21(24)26-13-25-19/h2-4,11-13,16,30H,5-6,9-10H2,1H3,(H2,24,25,26). The van der Waals surface area contributed by atoms with Crippen LogP contribution in [0.5, 0.6) is 5.75 Å². The Kier molecular flexibility index (Phi) is 4.49. The number of likely N-dealkylation sites (tertiary alicyclic amines) is 1. The van der Waals surface area contributed by atoms with Crippen molar-refractivity contribution in [3.05, 3.63) is 42.2 Å². The van der Waals surface area contributed by atoms with Crippen LogP contribution in [0.1, 0.15) is 24.8 Å². The van der Waals surface area contributed by atoms with Gasteiger partial charge in [-0.25, -0.2) is 15.0 Å². The summed E-state index contributed by atoms with van der Waals surface area (Å²) in [5, 5.41) is 10.5. The van der Waals surface area contributed by atoms with E-state index in [0.717, 1.165) is 18.4 Å². The Morgan fingerprint density at radius 2 is 2.10 bits per heavy atom. The normalized spacial score (nSPS) is 20.6. The average Bonchev–Trinajstić information content (AvgIpc) is 3.56. The van der Waals surface area contributed by atoms with Gasteiger partial charge in [0.15, 0.2) is 5.82 Å². The minimum Gasteiger partial charge on any atom is -0.488 e. The number of likely N-dealkylation sites (N-methyl/N-ethyl adjacent to an activating group) is 1. The van der Waals surface area contributed by atoms with Gasteiger partial charge in [0.1, 0.15) is 23.1 Å². The molecule has 0 spiro atoms. The van der Waals surface area contributed by atoms with Crippen LogP contribution in [0.2, 0.25) is 0 Å². The van der Waals surface area contributed by atoms with Crippen LogP contribution in [-0.2, 0) is 4.79 Å². The Morgan fingerprint density at radius 3 is 2.84 bits per heavy atom. The number of fused-ring (bicyclic) bond motifs is 1. The van der Waals surface area contributed by atoms with Crippen LogP contribution >= 0.6 is 0 Å². The molecule has 3 aromatic rings. The SMILES string of the molecule is CN1CCC(O)(C#Cc2cccc(-c3cc(OC4CC4)c4ncnc(N)c4n3)c2)C1=O. The van der Waals surface area contributed by atoms with Crippen molar-refractivity contribution in [3.63, 3.8) is 0 Å². The van der Waals surface area contributed by atoms with Crippen molar-refractivity contribution in [1.29, 1.82) is 0 Å². The van der Waals surface area contributed by atoms with E-state index in [1.807, 2.05) is 30.3 Å². The van der Waals surface area contributed by atoms with E-state index in [9.17, 15) is 9.90 Å². The molecule has 1 saturated heterocycles. The van der Waals surface area contributed by atoms with Gasteiger partial charge in [-0.1, -0.05) is 24.0 Å². The molecule has 2 aliphatic rings. The zero-order valence-corrected chi connectivity index (χ0v) is 17.0. The molecule has 2 aromatic heterocycles. The molecular weight excluding hydrogens is 394 g/mol. The van der Waals surface area contributed by atoms with Crippen LogP contribution in [0.25, 0.3) is 22.3 Å². The maximum absolute atomic E-state index is 12.1. The number of aliphatic hydroxyl groups is 1. The zero-order valence-electron chi connectivity index (χ0n) is 17.0. The highest BCUT2D eigenvalue weighted by Gasteiger charge is 2.42. The number of benzene rings is 1.